The second kappa shape index (κ2) is 3.69. The van der Waals surface area contributed by atoms with Crippen LogP contribution in [0.4, 0.5) is 5.69 Å². The average Bonchev–Trinajstić information content (AvgIpc) is 2.29. The van der Waals surface area contributed by atoms with Crippen molar-refractivity contribution in [2.45, 2.75) is 0 Å². The highest BCUT2D eigenvalue weighted by molar-refractivity contribution is 5.97. The number of nitro groups is 1. The molecule has 1 N–H and O–H groups in total. The van der Waals surface area contributed by atoms with Crippen molar-refractivity contribution in [1.29, 1.82) is 0 Å². The van der Waals surface area contributed by atoms with Crippen LogP contribution < -0.4 is 4.74 Å². The maximum Gasteiger partial charge on any atom is 0.281 e. The highest BCUT2D eigenvalue weighted by atomic mass is 16.6. The van der Waals surface area contributed by atoms with Crippen molar-refractivity contribution >= 4 is 16.5 Å². The van der Waals surface area contributed by atoms with E-state index >= 15 is 0 Å². The molecule has 0 aromatic heterocycles. The van der Waals surface area contributed by atoms with Gasteiger partial charge < -0.3 is 9.84 Å². The molecule has 0 aliphatic rings. The minimum atomic E-state index is -0.496. The Labute approximate surface area is 91.0 Å². The molecule has 0 atom stereocenters. The predicted octanol–water partition coefficient (Wildman–Crippen LogP) is 2.46. The molecular formula is C11H9NO4. The summed E-state index contributed by atoms with van der Waals surface area (Å²) in [5, 5.41) is 21.5. The standard InChI is InChI=1S/C11H9NO4/c1-16-10-6-9(12(14)15)7-4-2-3-5-8(7)11(10)13/h2-6,13H,1H3. The minimum Gasteiger partial charge on any atom is -0.504 e. The number of phenols is 1. The van der Waals surface area contributed by atoms with Crippen LogP contribution in [0.2, 0.25) is 0 Å². The summed E-state index contributed by atoms with van der Waals surface area (Å²) in [4.78, 5) is 10.4. The second-order valence-corrected chi connectivity index (χ2v) is 3.25. The van der Waals surface area contributed by atoms with Gasteiger partial charge in [0, 0.05) is 5.39 Å². The fourth-order valence-electron chi connectivity index (χ4n) is 1.62. The van der Waals surface area contributed by atoms with Gasteiger partial charge in [-0.1, -0.05) is 18.2 Å². The first-order valence-electron chi connectivity index (χ1n) is 4.58. The van der Waals surface area contributed by atoms with Crippen LogP contribution in [0.3, 0.4) is 0 Å². The summed E-state index contributed by atoms with van der Waals surface area (Å²) in [6, 6.07) is 7.80. The Morgan fingerprint density at radius 1 is 1.31 bits per heavy atom. The van der Waals surface area contributed by atoms with Crippen LogP contribution in [-0.4, -0.2) is 17.1 Å². The number of rotatable bonds is 2. The van der Waals surface area contributed by atoms with Gasteiger partial charge in [-0.15, -0.1) is 0 Å². The van der Waals surface area contributed by atoms with E-state index in [1.807, 2.05) is 0 Å². The van der Waals surface area contributed by atoms with Crippen LogP contribution in [0.1, 0.15) is 0 Å². The van der Waals surface area contributed by atoms with Crippen molar-refractivity contribution in [3.63, 3.8) is 0 Å². The van der Waals surface area contributed by atoms with E-state index in [4.69, 9.17) is 4.74 Å². The van der Waals surface area contributed by atoms with Gasteiger partial charge in [0.25, 0.3) is 5.69 Å². The molecule has 2 rings (SSSR count). The zero-order valence-electron chi connectivity index (χ0n) is 8.51. The molecule has 0 unspecified atom stereocenters. The summed E-state index contributed by atoms with van der Waals surface area (Å²) in [6.07, 6.45) is 0. The van der Waals surface area contributed by atoms with Gasteiger partial charge >= 0.3 is 0 Å². The first-order chi connectivity index (χ1) is 7.65. The van der Waals surface area contributed by atoms with Gasteiger partial charge in [0.2, 0.25) is 0 Å². The Morgan fingerprint density at radius 2 is 1.94 bits per heavy atom. The highest BCUT2D eigenvalue weighted by Gasteiger charge is 2.18. The quantitative estimate of drug-likeness (QED) is 0.622. The fourth-order valence-corrected chi connectivity index (χ4v) is 1.62. The normalized spacial score (nSPS) is 10.3. The molecule has 16 heavy (non-hydrogen) atoms. The lowest BCUT2D eigenvalue weighted by molar-refractivity contribution is -0.383. The molecule has 5 heteroatoms. The molecule has 0 heterocycles. The van der Waals surface area contributed by atoms with Crippen LogP contribution in [-0.2, 0) is 0 Å². The first kappa shape index (κ1) is 10.2. The third-order valence-electron chi connectivity index (χ3n) is 2.38. The third-order valence-corrected chi connectivity index (χ3v) is 2.38. The maximum absolute atomic E-state index is 10.9. The zero-order valence-corrected chi connectivity index (χ0v) is 8.51. The monoisotopic (exact) mass is 219 g/mol. The molecule has 0 aliphatic heterocycles. The van der Waals surface area contributed by atoms with Crippen molar-refractivity contribution < 1.29 is 14.8 Å². The number of fused-ring (bicyclic) bond motifs is 1. The maximum atomic E-state index is 10.9. The van der Waals surface area contributed by atoms with E-state index in [0.29, 0.717) is 10.8 Å². The van der Waals surface area contributed by atoms with Gasteiger partial charge in [0.1, 0.15) is 0 Å². The molecule has 82 valence electrons. The van der Waals surface area contributed by atoms with E-state index in [0.717, 1.165) is 0 Å². The highest BCUT2D eigenvalue weighted by Crippen LogP contribution is 2.39. The Bertz CT molecular complexity index is 565. The van der Waals surface area contributed by atoms with Gasteiger partial charge in [0.15, 0.2) is 11.5 Å². The molecule has 0 spiro atoms. The number of nitrogens with zero attached hydrogens (tertiary/aromatic N) is 1. The summed E-state index contributed by atoms with van der Waals surface area (Å²) < 4.78 is 4.89. The fraction of sp³-hybridized carbons (Fsp3) is 0.0909. The number of ether oxygens (including phenoxy) is 1. The summed E-state index contributed by atoms with van der Waals surface area (Å²) in [7, 11) is 1.35. The number of non-ortho nitro benzene ring substituents is 1. The van der Waals surface area contributed by atoms with Crippen molar-refractivity contribution in [2.75, 3.05) is 7.11 Å². The molecule has 0 aliphatic carbocycles. The third kappa shape index (κ3) is 1.42. The van der Waals surface area contributed by atoms with Crippen LogP contribution in [0, 0.1) is 10.1 Å². The number of aromatic hydroxyl groups is 1. The minimum absolute atomic E-state index is 0.0785. The molecule has 0 amide bonds. The van der Waals surface area contributed by atoms with Gasteiger partial charge in [-0.3, -0.25) is 10.1 Å². The molecule has 5 nitrogen and oxygen atoms in total. The SMILES string of the molecule is COc1cc([N+](=O)[O-])c2ccccc2c1O. The summed E-state index contributed by atoms with van der Waals surface area (Å²) in [5.74, 6) is 0.0223. The average molecular weight is 219 g/mol. The molecule has 0 saturated carbocycles. The first-order valence-corrected chi connectivity index (χ1v) is 4.58. The molecule has 2 aromatic rings. The number of phenolic OH excluding ortho intramolecular Hbond substituents is 1. The van der Waals surface area contributed by atoms with Crippen LogP contribution in [0.5, 0.6) is 11.5 Å². The van der Waals surface area contributed by atoms with Crippen LogP contribution in [0.25, 0.3) is 10.8 Å². The van der Waals surface area contributed by atoms with Gasteiger partial charge in [0.05, 0.1) is 23.5 Å². The lowest BCUT2D eigenvalue weighted by Crippen LogP contribution is -1.92. The van der Waals surface area contributed by atoms with Crippen LogP contribution >= 0.6 is 0 Å². The molecule has 2 aromatic carbocycles. The van der Waals surface area contributed by atoms with E-state index in [9.17, 15) is 15.2 Å². The molecule has 0 bridgehead atoms. The lowest BCUT2D eigenvalue weighted by atomic mass is 10.1. The van der Waals surface area contributed by atoms with Gasteiger partial charge in [-0.25, -0.2) is 0 Å². The molecule has 0 radical (unpaired) electrons. The van der Waals surface area contributed by atoms with E-state index in [2.05, 4.69) is 0 Å². The Kier molecular flexibility index (Phi) is 2.36. The van der Waals surface area contributed by atoms with Crippen molar-refractivity contribution in [1.82, 2.24) is 0 Å². The lowest BCUT2D eigenvalue weighted by Gasteiger charge is -2.07. The Hall–Kier alpha value is -2.30. The number of benzene rings is 2. The van der Waals surface area contributed by atoms with Crippen LogP contribution in [0.15, 0.2) is 30.3 Å². The number of methoxy groups -OCH3 is 1. The summed E-state index contributed by atoms with van der Waals surface area (Å²) in [5.41, 5.74) is -0.0785. The summed E-state index contributed by atoms with van der Waals surface area (Å²) >= 11 is 0. The van der Waals surface area contributed by atoms with E-state index in [1.54, 1.807) is 24.3 Å². The number of nitro benzene ring substituents is 1. The second-order valence-electron chi connectivity index (χ2n) is 3.25. The number of hydrogen-bond acceptors (Lipinski definition) is 4. The van der Waals surface area contributed by atoms with E-state index in [-0.39, 0.29) is 17.2 Å². The predicted molar refractivity (Wildman–Crippen MR) is 58.8 cm³/mol. The topological polar surface area (TPSA) is 72.6 Å². The van der Waals surface area contributed by atoms with E-state index in [1.165, 1.54) is 13.2 Å². The molecular weight excluding hydrogens is 210 g/mol. The molecule has 0 fully saturated rings. The Balaban J connectivity index is 2.90. The van der Waals surface area contributed by atoms with Crippen molar-refractivity contribution in [3.05, 3.63) is 40.4 Å². The van der Waals surface area contributed by atoms with Crippen molar-refractivity contribution in [3.8, 4) is 11.5 Å². The Morgan fingerprint density at radius 3 is 2.50 bits per heavy atom. The van der Waals surface area contributed by atoms with Gasteiger partial charge in [-0.2, -0.15) is 0 Å². The van der Waals surface area contributed by atoms with E-state index < -0.39 is 4.92 Å². The summed E-state index contributed by atoms with van der Waals surface area (Å²) in [6.45, 7) is 0. The number of hydrogen-bond donors (Lipinski definition) is 1. The smallest absolute Gasteiger partial charge is 0.281 e. The van der Waals surface area contributed by atoms with Gasteiger partial charge in [-0.05, 0) is 6.07 Å². The van der Waals surface area contributed by atoms with Crippen molar-refractivity contribution in [2.24, 2.45) is 0 Å². The zero-order chi connectivity index (χ0) is 11.7. The molecule has 0 saturated heterocycles. The largest absolute Gasteiger partial charge is 0.504 e.